The van der Waals surface area contributed by atoms with Crippen molar-refractivity contribution in [3.05, 3.63) is 53.1 Å². The van der Waals surface area contributed by atoms with Crippen LogP contribution in [-0.4, -0.2) is 12.5 Å². The number of nitrogen functional groups attached to an aromatic ring is 1. The molecule has 4 nitrogen and oxygen atoms in total. The topological polar surface area (TPSA) is 64.3 Å². The van der Waals surface area contributed by atoms with Crippen LogP contribution in [-0.2, 0) is 4.79 Å². The van der Waals surface area contributed by atoms with E-state index in [1.165, 1.54) is 24.3 Å². The van der Waals surface area contributed by atoms with Crippen molar-refractivity contribution in [2.75, 3.05) is 17.7 Å². The molecular weight excluding hydrogens is 302 g/mol. The normalized spacial score (nSPS) is 10.2. The van der Waals surface area contributed by atoms with Crippen LogP contribution in [0, 0.1) is 11.6 Å². The lowest BCUT2D eigenvalue weighted by atomic mass is 10.3. The molecule has 0 unspecified atom stereocenters. The highest BCUT2D eigenvalue weighted by Crippen LogP contribution is 2.22. The van der Waals surface area contributed by atoms with Crippen molar-refractivity contribution in [3.63, 3.8) is 0 Å². The number of anilines is 2. The fourth-order valence-electron chi connectivity index (χ4n) is 1.56. The Morgan fingerprint density at radius 1 is 1.29 bits per heavy atom. The number of hydrogen-bond acceptors (Lipinski definition) is 3. The third-order valence-corrected chi connectivity index (χ3v) is 2.90. The van der Waals surface area contributed by atoms with Gasteiger partial charge in [-0.2, -0.15) is 4.39 Å². The molecule has 110 valence electrons. The molecule has 2 aromatic rings. The molecule has 2 aromatic carbocycles. The van der Waals surface area contributed by atoms with Crippen LogP contribution in [0.4, 0.5) is 20.2 Å². The quantitative estimate of drug-likeness (QED) is 0.852. The number of hydrogen-bond donors (Lipinski definition) is 2. The number of halogens is 3. The van der Waals surface area contributed by atoms with E-state index in [-0.39, 0.29) is 5.75 Å². The monoisotopic (exact) mass is 312 g/mol. The summed E-state index contributed by atoms with van der Waals surface area (Å²) in [6.07, 6.45) is 0. The molecule has 0 heterocycles. The molecule has 0 fully saturated rings. The van der Waals surface area contributed by atoms with Crippen LogP contribution in [0.15, 0.2) is 36.4 Å². The van der Waals surface area contributed by atoms with E-state index in [1.54, 1.807) is 6.07 Å². The van der Waals surface area contributed by atoms with Crippen molar-refractivity contribution in [1.29, 1.82) is 0 Å². The number of carbonyl (C=O) groups excluding carboxylic acids is 1. The summed E-state index contributed by atoms with van der Waals surface area (Å²) < 4.78 is 31.2. The van der Waals surface area contributed by atoms with E-state index >= 15 is 0 Å². The standard InChI is InChI=1S/C14H11ClF2N2O2/c15-9-5-4-8(6-11(9)18)19-13(20)7-21-12-3-1-2-10(16)14(12)17/h1-6H,7,18H2,(H,19,20). The Balaban J connectivity index is 1.96. The largest absolute Gasteiger partial charge is 0.481 e. The average molecular weight is 313 g/mol. The summed E-state index contributed by atoms with van der Waals surface area (Å²) in [7, 11) is 0. The van der Waals surface area contributed by atoms with Gasteiger partial charge in [-0.05, 0) is 30.3 Å². The molecule has 7 heteroatoms. The van der Waals surface area contributed by atoms with Crippen molar-refractivity contribution in [3.8, 4) is 5.75 Å². The van der Waals surface area contributed by atoms with Crippen LogP contribution < -0.4 is 15.8 Å². The molecular formula is C14H11ClF2N2O2. The fourth-order valence-corrected chi connectivity index (χ4v) is 1.67. The number of benzene rings is 2. The third-order valence-electron chi connectivity index (χ3n) is 2.55. The average Bonchev–Trinajstić information content (AvgIpc) is 2.44. The fraction of sp³-hybridized carbons (Fsp3) is 0.0714. The zero-order valence-electron chi connectivity index (χ0n) is 10.7. The molecule has 0 aromatic heterocycles. The molecule has 0 aliphatic carbocycles. The van der Waals surface area contributed by atoms with Gasteiger partial charge >= 0.3 is 0 Å². The zero-order valence-corrected chi connectivity index (χ0v) is 11.5. The van der Waals surface area contributed by atoms with Crippen LogP contribution in [0.5, 0.6) is 5.75 Å². The highest BCUT2D eigenvalue weighted by molar-refractivity contribution is 6.33. The van der Waals surface area contributed by atoms with Gasteiger partial charge in [0.25, 0.3) is 5.91 Å². The maximum absolute atomic E-state index is 13.3. The first-order chi connectivity index (χ1) is 9.97. The highest BCUT2D eigenvalue weighted by atomic mass is 35.5. The third kappa shape index (κ3) is 3.82. The Morgan fingerprint density at radius 3 is 2.76 bits per heavy atom. The second-order valence-electron chi connectivity index (χ2n) is 4.13. The van der Waals surface area contributed by atoms with Gasteiger partial charge in [-0.1, -0.05) is 17.7 Å². The predicted molar refractivity (Wildman–Crippen MR) is 76.3 cm³/mol. The van der Waals surface area contributed by atoms with E-state index < -0.39 is 24.1 Å². The van der Waals surface area contributed by atoms with Crippen molar-refractivity contribution in [2.24, 2.45) is 0 Å². The Morgan fingerprint density at radius 2 is 2.05 bits per heavy atom. The van der Waals surface area contributed by atoms with E-state index in [9.17, 15) is 13.6 Å². The minimum Gasteiger partial charge on any atom is -0.481 e. The molecule has 0 radical (unpaired) electrons. The number of amides is 1. The van der Waals surface area contributed by atoms with Crippen molar-refractivity contribution in [1.82, 2.24) is 0 Å². The molecule has 3 N–H and O–H groups in total. The van der Waals surface area contributed by atoms with Gasteiger partial charge in [0.2, 0.25) is 5.82 Å². The van der Waals surface area contributed by atoms with E-state index in [2.05, 4.69) is 5.32 Å². The van der Waals surface area contributed by atoms with E-state index in [0.29, 0.717) is 16.4 Å². The SMILES string of the molecule is Nc1cc(NC(=O)COc2cccc(F)c2F)ccc1Cl. The first-order valence-electron chi connectivity index (χ1n) is 5.89. The number of nitrogens with one attached hydrogen (secondary N) is 1. The summed E-state index contributed by atoms with van der Waals surface area (Å²) in [5.41, 5.74) is 6.33. The molecule has 2 rings (SSSR count). The van der Waals surface area contributed by atoms with Crippen molar-refractivity contribution in [2.45, 2.75) is 0 Å². The zero-order chi connectivity index (χ0) is 15.4. The van der Waals surface area contributed by atoms with Gasteiger partial charge in [0.05, 0.1) is 10.7 Å². The maximum Gasteiger partial charge on any atom is 0.262 e. The van der Waals surface area contributed by atoms with Gasteiger partial charge in [0.15, 0.2) is 18.2 Å². The maximum atomic E-state index is 13.3. The minimum atomic E-state index is -1.14. The van der Waals surface area contributed by atoms with E-state index in [1.807, 2.05) is 0 Å². The van der Waals surface area contributed by atoms with Crippen LogP contribution in [0.2, 0.25) is 5.02 Å². The Labute approximate surface area is 124 Å². The lowest BCUT2D eigenvalue weighted by molar-refractivity contribution is -0.118. The van der Waals surface area contributed by atoms with Crippen molar-refractivity contribution >= 4 is 28.9 Å². The van der Waals surface area contributed by atoms with Crippen LogP contribution in [0.3, 0.4) is 0 Å². The number of nitrogens with two attached hydrogens (primary N) is 1. The smallest absolute Gasteiger partial charge is 0.262 e. The van der Waals surface area contributed by atoms with Gasteiger partial charge in [-0.15, -0.1) is 0 Å². The lowest BCUT2D eigenvalue weighted by Crippen LogP contribution is -2.20. The molecule has 0 aliphatic heterocycles. The Bertz CT molecular complexity index is 680. The summed E-state index contributed by atoms with van der Waals surface area (Å²) in [5.74, 6) is -3.06. The summed E-state index contributed by atoms with van der Waals surface area (Å²) >= 11 is 5.75. The Kier molecular flexibility index (Phi) is 4.59. The molecule has 0 bridgehead atoms. The first-order valence-corrected chi connectivity index (χ1v) is 6.27. The number of ether oxygens (including phenoxy) is 1. The summed E-state index contributed by atoms with van der Waals surface area (Å²) in [5, 5.41) is 2.86. The van der Waals surface area contributed by atoms with Gasteiger partial charge in [0.1, 0.15) is 0 Å². The number of carbonyl (C=O) groups is 1. The van der Waals surface area contributed by atoms with E-state index in [4.69, 9.17) is 22.1 Å². The lowest BCUT2D eigenvalue weighted by Gasteiger charge is -2.09. The highest BCUT2D eigenvalue weighted by Gasteiger charge is 2.11. The molecule has 1 amide bonds. The molecule has 21 heavy (non-hydrogen) atoms. The van der Waals surface area contributed by atoms with Gasteiger partial charge < -0.3 is 15.8 Å². The molecule has 0 saturated carbocycles. The van der Waals surface area contributed by atoms with Gasteiger partial charge in [-0.25, -0.2) is 4.39 Å². The molecule has 0 atom stereocenters. The van der Waals surface area contributed by atoms with Crippen LogP contribution in [0.25, 0.3) is 0 Å². The molecule has 0 saturated heterocycles. The van der Waals surface area contributed by atoms with E-state index in [0.717, 1.165) is 6.07 Å². The minimum absolute atomic E-state index is 0.312. The molecule has 0 spiro atoms. The second kappa shape index (κ2) is 6.41. The first kappa shape index (κ1) is 15.1. The molecule has 0 aliphatic rings. The van der Waals surface area contributed by atoms with Crippen molar-refractivity contribution < 1.29 is 18.3 Å². The van der Waals surface area contributed by atoms with Crippen LogP contribution >= 0.6 is 11.6 Å². The summed E-state index contributed by atoms with van der Waals surface area (Å²) in [6, 6.07) is 8.03. The van der Waals surface area contributed by atoms with Gasteiger partial charge in [-0.3, -0.25) is 4.79 Å². The Hall–Kier alpha value is -2.34. The summed E-state index contributed by atoms with van der Waals surface area (Å²) in [4.78, 5) is 11.7. The number of rotatable bonds is 4. The summed E-state index contributed by atoms with van der Waals surface area (Å²) in [6.45, 7) is -0.469. The predicted octanol–water partition coefficient (Wildman–Crippen LogP) is 3.22. The van der Waals surface area contributed by atoms with Crippen LogP contribution in [0.1, 0.15) is 0 Å². The second-order valence-corrected chi connectivity index (χ2v) is 4.53. The van der Waals surface area contributed by atoms with Gasteiger partial charge in [0, 0.05) is 5.69 Å².